The van der Waals surface area contributed by atoms with Crippen molar-refractivity contribution in [2.24, 2.45) is 4.99 Å². The SMILES string of the molecule is COc1nc(Cl)c(C(=O)C=Nc2c(C)cc(C)cc2C)c(-c2cccc[c]2[Co][Cl])c1C(C)(C)C. The van der Waals surface area contributed by atoms with Crippen molar-refractivity contribution < 1.29 is 23.3 Å². The predicted molar refractivity (Wildman–Crippen MR) is 139 cm³/mol. The Morgan fingerprint density at radius 2 is 1.74 bits per heavy atom. The Bertz CT molecular complexity index is 1260. The first-order valence-electron chi connectivity index (χ1n) is 10.7. The Kier molecular flexibility index (Phi) is 8.24. The Labute approximate surface area is 217 Å². The Balaban J connectivity index is 2.32. The molecule has 0 spiro atoms. The fraction of sp³-hybridized carbons (Fsp3) is 0.296. The van der Waals surface area contributed by atoms with Crippen LogP contribution in [0.2, 0.25) is 5.15 Å². The monoisotopic (exact) mass is 541 g/mol. The number of rotatable bonds is 6. The average molecular weight is 542 g/mol. The molecule has 0 amide bonds. The summed E-state index contributed by atoms with van der Waals surface area (Å²) in [4.78, 5) is 22.7. The van der Waals surface area contributed by atoms with Gasteiger partial charge in [-0.05, 0) is 0 Å². The van der Waals surface area contributed by atoms with Gasteiger partial charge >= 0.3 is 218 Å². The van der Waals surface area contributed by atoms with Gasteiger partial charge in [0.05, 0.1) is 0 Å². The normalized spacial score (nSPS) is 11.9. The number of aliphatic imine (C=N–C) groups is 1. The molecule has 0 fully saturated rings. The van der Waals surface area contributed by atoms with E-state index in [1.165, 1.54) is 6.21 Å². The van der Waals surface area contributed by atoms with Crippen molar-refractivity contribution in [2.45, 2.75) is 47.0 Å². The Hall–Kier alpha value is -2.18. The summed E-state index contributed by atoms with van der Waals surface area (Å²) >= 11 is 7.22. The van der Waals surface area contributed by atoms with Gasteiger partial charge in [-0.1, -0.05) is 0 Å². The molecule has 0 aliphatic heterocycles. The van der Waals surface area contributed by atoms with E-state index in [1.807, 2.05) is 77.9 Å². The number of ether oxygens (including phenoxy) is 1. The van der Waals surface area contributed by atoms with Crippen molar-refractivity contribution in [2.75, 3.05) is 7.11 Å². The van der Waals surface area contributed by atoms with Gasteiger partial charge in [0, 0.05) is 0 Å². The number of carbonyl (C=O) groups is 1. The van der Waals surface area contributed by atoms with Crippen LogP contribution in [0.3, 0.4) is 0 Å². The number of ketones is 1. The third kappa shape index (κ3) is 5.38. The molecular weight excluding hydrogens is 514 g/mol. The Morgan fingerprint density at radius 1 is 1.12 bits per heavy atom. The first kappa shape index (κ1) is 26.4. The van der Waals surface area contributed by atoms with Crippen LogP contribution in [0, 0.1) is 20.8 Å². The second kappa shape index (κ2) is 10.6. The van der Waals surface area contributed by atoms with Crippen molar-refractivity contribution in [1.82, 2.24) is 4.98 Å². The minimum atomic E-state index is -0.398. The molecule has 0 N–H and O–H groups in total. The summed E-state index contributed by atoms with van der Waals surface area (Å²) in [5.41, 5.74) is 6.07. The molecule has 0 unspecified atom stereocenters. The number of halogens is 2. The van der Waals surface area contributed by atoms with Crippen LogP contribution >= 0.6 is 21.7 Å². The van der Waals surface area contributed by atoms with Gasteiger partial charge in [-0.2, -0.15) is 0 Å². The van der Waals surface area contributed by atoms with Gasteiger partial charge in [-0.3, -0.25) is 0 Å². The van der Waals surface area contributed by atoms with Crippen LogP contribution in [-0.2, 0) is 19.2 Å². The molecule has 34 heavy (non-hydrogen) atoms. The summed E-state index contributed by atoms with van der Waals surface area (Å²) in [7, 11) is 7.81. The standard InChI is InChI=1S/C27H28ClN2O2.ClH.Co/c1-16-13-17(2)24(18(3)14-16)29-15-20(31)22-21(19-11-9-8-10-12-19)23(27(4,5)6)26(32-7)30-25(22)28;;/h8-11,13-15H,1-7H3;1H;/q;;+1/p-1. The van der Waals surface area contributed by atoms with Gasteiger partial charge in [-0.15, -0.1) is 0 Å². The van der Waals surface area contributed by atoms with Gasteiger partial charge in [0.25, 0.3) is 0 Å². The Morgan fingerprint density at radius 3 is 2.29 bits per heavy atom. The first-order chi connectivity index (χ1) is 16.0. The van der Waals surface area contributed by atoms with Crippen LogP contribution in [0.25, 0.3) is 11.1 Å². The molecule has 3 rings (SSSR count). The van der Waals surface area contributed by atoms with Crippen molar-refractivity contribution in [3.05, 3.63) is 69.4 Å². The van der Waals surface area contributed by atoms with E-state index < -0.39 is 5.41 Å². The van der Waals surface area contributed by atoms with E-state index >= 15 is 0 Å². The molecule has 2 aromatic carbocycles. The fourth-order valence-corrected chi connectivity index (χ4v) is 5.35. The summed E-state index contributed by atoms with van der Waals surface area (Å²) in [5, 5.41) is 0.0641. The molecule has 1 heterocycles. The van der Waals surface area contributed by atoms with Crippen LogP contribution < -0.4 is 9.23 Å². The zero-order chi connectivity index (χ0) is 25.2. The minimum absolute atomic E-state index is 0.0641. The molecule has 181 valence electrons. The molecule has 0 aliphatic carbocycles. The molecule has 0 radical (unpaired) electrons. The van der Waals surface area contributed by atoms with Gasteiger partial charge in [-0.25, -0.2) is 0 Å². The predicted octanol–water partition coefficient (Wildman–Crippen LogP) is 7.08. The molecule has 0 saturated carbocycles. The summed E-state index contributed by atoms with van der Waals surface area (Å²) in [6, 6.07) is 11.8. The molecule has 0 saturated heterocycles. The molecule has 0 atom stereocenters. The number of aromatic nitrogens is 1. The van der Waals surface area contributed by atoms with Crippen molar-refractivity contribution in [3.63, 3.8) is 0 Å². The van der Waals surface area contributed by atoms with Gasteiger partial charge in [0.1, 0.15) is 0 Å². The molecule has 0 aliphatic rings. The second-order valence-electron chi connectivity index (χ2n) is 9.18. The quantitative estimate of drug-likeness (QED) is 0.190. The summed E-state index contributed by atoms with van der Waals surface area (Å²) in [6.07, 6.45) is 1.33. The number of methoxy groups -OCH3 is 1. The number of pyridine rings is 1. The maximum absolute atomic E-state index is 13.7. The van der Waals surface area contributed by atoms with E-state index in [0.29, 0.717) is 25.2 Å². The number of hydrogen-bond acceptors (Lipinski definition) is 4. The molecule has 1 aromatic heterocycles. The molecular formula is C27H28Cl2CoN2O2. The van der Waals surface area contributed by atoms with Gasteiger partial charge in [0.15, 0.2) is 0 Å². The number of aryl methyl sites for hydroxylation is 3. The third-order valence-corrected chi connectivity index (χ3v) is 6.95. The fourth-order valence-electron chi connectivity index (χ4n) is 4.14. The van der Waals surface area contributed by atoms with E-state index in [4.69, 9.17) is 26.5 Å². The van der Waals surface area contributed by atoms with Crippen LogP contribution in [-0.4, -0.2) is 24.1 Å². The van der Waals surface area contributed by atoms with E-state index in [0.717, 1.165) is 38.0 Å². The van der Waals surface area contributed by atoms with Crippen LogP contribution in [0.1, 0.15) is 53.4 Å². The zero-order valence-corrected chi connectivity index (χ0v) is 22.9. The second-order valence-corrected chi connectivity index (χ2v) is 10.8. The van der Waals surface area contributed by atoms with Crippen LogP contribution in [0.15, 0.2) is 41.4 Å². The molecule has 3 aromatic rings. The summed E-state index contributed by atoms with van der Waals surface area (Å²) < 4.78 is 6.47. The number of benzene rings is 2. The molecule has 4 nitrogen and oxygen atoms in total. The number of hydrogen-bond donors (Lipinski definition) is 0. The van der Waals surface area contributed by atoms with E-state index in [2.05, 4.69) is 9.98 Å². The topological polar surface area (TPSA) is 51.5 Å². The van der Waals surface area contributed by atoms with E-state index in [9.17, 15) is 4.79 Å². The van der Waals surface area contributed by atoms with Crippen molar-refractivity contribution >= 4 is 43.9 Å². The van der Waals surface area contributed by atoms with Crippen LogP contribution in [0.4, 0.5) is 5.69 Å². The van der Waals surface area contributed by atoms with E-state index in [1.54, 1.807) is 7.11 Å². The number of carbonyl (C=O) groups excluding carboxylic acids is 1. The van der Waals surface area contributed by atoms with Crippen LogP contribution in [0.5, 0.6) is 5.88 Å². The van der Waals surface area contributed by atoms with Crippen molar-refractivity contribution in [1.29, 1.82) is 0 Å². The zero-order valence-electron chi connectivity index (χ0n) is 20.3. The number of Topliss-reactive ketones (excluding diaryl/α,β-unsaturated/α-hetero) is 1. The summed E-state index contributed by atoms with van der Waals surface area (Å²) in [6.45, 7) is 12.1. The number of nitrogens with zero attached hydrogens (tertiary/aromatic N) is 2. The van der Waals surface area contributed by atoms with Gasteiger partial charge in [0.2, 0.25) is 0 Å². The van der Waals surface area contributed by atoms with E-state index in [-0.39, 0.29) is 16.5 Å². The first-order valence-corrected chi connectivity index (χ1v) is 13.1. The average Bonchev–Trinajstić information content (AvgIpc) is 2.76. The van der Waals surface area contributed by atoms with Gasteiger partial charge < -0.3 is 0 Å². The third-order valence-electron chi connectivity index (χ3n) is 5.45. The molecule has 7 heteroatoms. The maximum atomic E-state index is 13.7. The molecule has 0 bridgehead atoms. The summed E-state index contributed by atoms with van der Waals surface area (Å²) in [5.74, 6) is 0.0486. The van der Waals surface area contributed by atoms with Crippen molar-refractivity contribution in [3.8, 4) is 17.0 Å².